The van der Waals surface area contributed by atoms with Crippen LogP contribution in [0.3, 0.4) is 0 Å². The Bertz CT molecular complexity index is 843. The largest absolute Gasteiger partial charge is 0.419 e. The molecule has 2 aromatic rings. The lowest BCUT2D eigenvalue weighted by atomic mass is 10.3. The number of carbonyl (C=O) groups excluding carboxylic acids is 1. The maximum atomic E-state index is 12.9. The molecule has 0 unspecified atom stereocenters. The lowest BCUT2D eigenvalue weighted by Crippen LogP contribution is -2.27. The third-order valence-corrected chi connectivity index (χ3v) is 4.35. The van der Waals surface area contributed by atoms with Crippen LogP contribution in [-0.4, -0.2) is 48.2 Å². The Hall–Kier alpha value is -2.43. The number of amides is 1. The van der Waals surface area contributed by atoms with Gasteiger partial charge >= 0.3 is 12.2 Å². The van der Waals surface area contributed by atoms with Crippen molar-refractivity contribution in [2.45, 2.75) is 16.2 Å². The third kappa shape index (κ3) is 3.18. The molecule has 0 aliphatic carbocycles. The Balaban J connectivity index is 2.55. The van der Waals surface area contributed by atoms with Gasteiger partial charge in [0.2, 0.25) is 9.84 Å². The monoisotopic (exact) mass is 348 g/mol. The van der Waals surface area contributed by atoms with E-state index >= 15 is 0 Å². The molecule has 0 atom stereocenters. The van der Waals surface area contributed by atoms with Gasteiger partial charge in [-0.2, -0.15) is 23.0 Å². The average molecular weight is 348 g/mol. The minimum absolute atomic E-state index is 0.613. The second kappa shape index (κ2) is 5.65. The van der Waals surface area contributed by atoms with Gasteiger partial charge in [0.05, 0.1) is 5.56 Å². The molecule has 124 valence electrons. The van der Waals surface area contributed by atoms with Gasteiger partial charge in [-0.15, -0.1) is 0 Å². The first-order valence-electron chi connectivity index (χ1n) is 6.10. The molecule has 0 spiro atoms. The number of hydrogen-bond acceptors (Lipinski definition) is 5. The Kier molecular flexibility index (Phi) is 4.16. The molecule has 0 aromatic carbocycles. The minimum atomic E-state index is -4.89. The summed E-state index contributed by atoms with van der Waals surface area (Å²) in [6.07, 6.45) is -2.91. The van der Waals surface area contributed by atoms with Gasteiger partial charge in [-0.3, -0.25) is 0 Å². The number of alkyl halides is 3. The molecule has 0 radical (unpaired) electrons. The van der Waals surface area contributed by atoms with Gasteiger partial charge in [0.15, 0.2) is 10.1 Å². The normalized spacial score (nSPS) is 12.2. The van der Waals surface area contributed by atoms with Crippen LogP contribution in [0, 0.1) is 0 Å². The molecule has 0 aliphatic rings. The third-order valence-electron chi connectivity index (χ3n) is 2.75. The molecule has 23 heavy (non-hydrogen) atoms. The van der Waals surface area contributed by atoms with E-state index in [1.807, 2.05) is 0 Å². The van der Waals surface area contributed by atoms with Crippen LogP contribution in [0.25, 0.3) is 0 Å². The van der Waals surface area contributed by atoms with E-state index < -0.39 is 37.7 Å². The minimum Gasteiger partial charge on any atom is -0.329 e. The molecule has 7 nitrogen and oxygen atoms in total. The highest BCUT2D eigenvalue weighted by Gasteiger charge is 2.39. The molecule has 2 aromatic heterocycles. The fraction of sp³-hybridized carbons (Fsp3) is 0.250. The van der Waals surface area contributed by atoms with Crippen LogP contribution < -0.4 is 0 Å². The molecule has 2 rings (SSSR count). The smallest absolute Gasteiger partial charge is 0.329 e. The maximum Gasteiger partial charge on any atom is 0.419 e. The van der Waals surface area contributed by atoms with Gasteiger partial charge < -0.3 is 4.90 Å². The number of aromatic nitrogens is 3. The van der Waals surface area contributed by atoms with E-state index in [4.69, 9.17) is 0 Å². The van der Waals surface area contributed by atoms with E-state index in [9.17, 15) is 26.4 Å². The number of sulfone groups is 1. The Morgan fingerprint density at radius 1 is 1.26 bits per heavy atom. The molecular formula is C12H11F3N4O3S. The molecule has 0 N–H and O–H groups in total. The number of hydrogen-bond donors (Lipinski definition) is 0. The fourth-order valence-electron chi connectivity index (χ4n) is 1.68. The van der Waals surface area contributed by atoms with Crippen LogP contribution in [0.1, 0.15) is 5.56 Å². The van der Waals surface area contributed by atoms with Gasteiger partial charge in [-0.05, 0) is 18.2 Å². The topological polar surface area (TPSA) is 85.2 Å². The molecule has 0 saturated heterocycles. The number of halogens is 3. The lowest BCUT2D eigenvalue weighted by molar-refractivity contribution is -0.140. The summed E-state index contributed by atoms with van der Waals surface area (Å²) in [4.78, 5) is 16.1. The number of pyridine rings is 1. The van der Waals surface area contributed by atoms with Crippen molar-refractivity contribution < 1.29 is 26.4 Å². The summed E-state index contributed by atoms with van der Waals surface area (Å²) in [7, 11) is -1.79. The van der Waals surface area contributed by atoms with Crippen LogP contribution in [0.5, 0.6) is 0 Å². The Labute approximate surface area is 129 Å². The predicted molar refractivity (Wildman–Crippen MR) is 71.4 cm³/mol. The van der Waals surface area contributed by atoms with E-state index in [2.05, 4.69) is 10.1 Å². The molecule has 0 bridgehead atoms. The maximum absolute atomic E-state index is 12.9. The SMILES string of the molecule is CN(C)C(=O)n1ccc(S(=O)(=O)c2ncccc2C(F)(F)F)n1. The number of carbonyl (C=O) groups is 1. The zero-order valence-corrected chi connectivity index (χ0v) is 12.8. The quantitative estimate of drug-likeness (QED) is 0.824. The second-order valence-corrected chi connectivity index (χ2v) is 6.44. The number of nitrogens with zero attached hydrogens (tertiary/aromatic N) is 4. The first kappa shape index (κ1) is 16.9. The van der Waals surface area contributed by atoms with Crippen molar-refractivity contribution in [1.29, 1.82) is 0 Å². The van der Waals surface area contributed by atoms with E-state index in [1.165, 1.54) is 14.1 Å². The highest BCUT2D eigenvalue weighted by atomic mass is 32.2. The first-order chi connectivity index (χ1) is 10.5. The van der Waals surface area contributed by atoms with Gasteiger partial charge in [0.25, 0.3) is 0 Å². The lowest BCUT2D eigenvalue weighted by Gasteiger charge is -2.11. The molecule has 0 fully saturated rings. The summed E-state index contributed by atoms with van der Waals surface area (Å²) in [5, 5.41) is 1.68. The summed E-state index contributed by atoms with van der Waals surface area (Å²) in [6.45, 7) is 0. The van der Waals surface area contributed by atoms with Crippen molar-refractivity contribution in [2.24, 2.45) is 0 Å². The van der Waals surface area contributed by atoms with Gasteiger partial charge in [0, 0.05) is 26.5 Å². The zero-order valence-electron chi connectivity index (χ0n) is 11.9. The van der Waals surface area contributed by atoms with E-state index in [0.717, 1.165) is 29.4 Å². The highest BCUT2D eigenvalue weighted by Crippen LogP contribution is 2.34. The van der Waals surface area contributed by atoms with Crippen LogP contribution in [0.4, 0.5) is 18.0 Å². The van der Waals surface area contributed by atoms with Gasteiger partial charge in [0.1, 0.15) is 0 Å². The highest BCUT2D eigenvalue weighted by molar-refractivity contribution is 7.91. The van der Waals surface area contributed by atoms with Crippen LogP contribution in [0.2, 0.25) is 0 Å². The van der Waals surface area contributed by atoms with Crippen molar-refractivity contribution in [1.82, 2.24) is 19.7 Å². The van der Waals surface area contributed by atoms with E-state index in [-0.39, 0.29) is 0 Å². The molecule has 0 saturated carbocycles. The standard InChI is InChI=1S/C12H11F3N4O3S/c1-18(2)11(20)19-7-5-9(17-19)23(21,22)10-8(12(13,14)15)4-3-6-16-10/h3-7H,1-2H3. The molecule has 0 aliphatic heterocycles. The fourth-order valence-corrected chi connectivity index (χ4v) is 2.99. The Morgan fingerprint density at radius 2 is 1.91 bits per heavy atom. The molecule has 2 heterocycles. The second-order valence-electron chi connectivity index (χ2n) is 4.63. The first-order valence-corrected chi connectivity index (χ1v) is 7.58. The van der Waals surface area contributed by atoms with Crippen LogP contribution in [0.15, 0.2) is 40.6 Å². The summed E-state index contributed by atoms with van der Waals surface area (Å²) in [5.41, 5.74) is -1.39. The molecular weight excluding hydrogens is 337 g/mol. The van der Waals surface area contributed by atoms with Crippen molar-refractivity contribution in [2.75, 3.05) is 14.1 Å². The van der Waals surface area contributed by atoms with Crippen LogP contribution >= 0.6 is 0 Å². The summed E-state index contributed by atoms with van der Waals surface area (Å²) >= 11 is 0. The number of rotatable bonds is 2. The summed E-state index contributed by atoms with van der Waals surface area (Å²) < 4.78 is 64.2. The zero-order chi connectivity index (χ0) is 17.4. The van der Waals surface area contributed by atoms with E-state index in [0.29, 0.717) is 10.7 Å². The molecule has 1 amide bonds. The summed E-state index contributed by atoms with van der Waals surface area (Å²) in [5.74, 6) is 0. The average Bonchev–Trinajstić information content (AvgIpc) is 2.96. The van der Waals surface area contributed by atoms with Crippen molar-refractivity contribution >= 4 is 15.9 Å². The van der Waals surface area contributed by atoms with Crippen LogP contribution in [-0.2, 0) is 16.0 Å². The van der Waals surface area contributed by atoms with Crippen molar-refractivity contribution in [3.8, 4) is 0 Å². The molecule has 11 heteroatoms. The van der Waals surface area contributed by atoms with Gasteiger partial charge in [-0.25, -0.2) is 18.2 Å². The van der Waals surface area contributed by atoms with E-state index in [1.54, 1.807) is 0 Å². The van der Waals surface area contributed by atoms with Crippen molar-refractivity contribution in [3.05, 3.63) is 36.2 Å². The van der Waals surface area contributed by atoms with Gasteiger partial charge in [-0.1, -0.05) is 0 Å². The predicted octanol–water partition coefficient (Wildman–Crippen LogP) is 1.66. The Morgan fingerprint density at radius 3 is 2.48 bits per heavy atom. The summed E-state index contributed by atoms with van der Waals surface area (Å²) in [6, 6.07) is 1.88. The van der Waals surface area contributed by atoms with Crippen molar-refractivity contribution in [3.63, 3.8) is 0 Å².